The maximum atomic E-state index is 5.71. The molecule has 0 spiro atoms. The van der Waals surface area contributed by atoms with Gasteiger partial charge in [-0.2, -0.15) is 0 Å². The lowest BCUT2D eigenvalue weighted by atomic mass is 9.52. The summed E-state index contributed by atoms with van der Waals surface area (Å²) in [4.78, 5) is 0. The van der Waals surface area contributed by atoms with Crippen LogP contribution in [0.1, 0.15) is 39.0 Å². The quantitative estimate of drug-likeness (QED) is 0.689. The molecular weight excluding hydrogens is 182 g/mol. The molecule has 4 rings (SSSR count). The minimum absolute atomic E-state index is 0.753. The Morgan fingerprint density at radius 2 is 1.60 bits per heavy atom. The molecule has 0 radical (unpaired) electrons. The standard InChI is InChI=1S/C14H23N/c1-9(8-15)2-14-12-4-10-3-11(6-12)7-13(14)5-10/h2,10-14H,3-8,15H2,1H3/b9-2+. The van der Waals surface area contributed by atoms with E-state index >= 15 is 0 Å². The first-order valence-corrected chi connectivity index (χ1v) is 6.63. The Morgan fingerprint density at radius 3 is 2.07 bits per heavy atom. The zero-order chi connectivity index (χ0) is 10.4. The maximum absolute atomic E-state index is 5.71. The van der Waals surface area contributed by atoms with Crippen LogP contribution in [0.2, 0.25) is 0 Å². The topological polar surface area (TPSA) is 26.0 Å². The van der Waals surface area contributed by atoms with E-state index in [9.17, 15) is 0 Å². The lowest BCUT2D eigenvalue weighted by molar-refractivity contribution is -0.0164. The lowest BCUT2D eigenvalue weighted by Crippen LogP contribution is -2.44. The first-order valence-electron chi connectivity index (χ1n) is 6.63. The third kappa shape index (κ3) is 1.65. The van der Waals surface area contributed by atoms with Gasteiger partial charge in [-0.3, -0.25) is 0 Å². The van der Waals surface area contributed by atoms with Crippen molar-refractivity contribution in [1.29, 1.82) is 0 Å². The zero-order valence-corrected chi connectivity index (χ0v) is 9.78. The van der Waals surface area contributed by atoms with Gasteiger partial charge in [-0.25, -0.2) is 0 Å². The molecular formula is C14H23N. The van der Waals surface area contributed by atoms with Gasteiger partial charge in [-0.05, 0) is 68.6 Å². The van der Waals surface area contributed by atoms with Crippen molar-refractivity contribution >= 4 is 0 Å². The van der Waals surface area contributed by atoms with Crippen LogP contribution >= 0.6 is 0 Å². The molecule has 4 aliphatic carbocycles. The second-order valence-corrected chi connectivity index (χ2v) is 6.23. The van der Waals surface area contributed by atoms with Crippen LogP contribution in [0.3, 0.4) is 0 Å². The Morgan fingerprint density at radius 1 is 1.07 bits per heavy atom. The van der Waals surface area contributed by atoms with Gasteiger partial charge >= 0.3 is 0 Å². The predicted molar refractivity (Wildman–Crippen MR) is 63.3 cm³/mol. The molecule has 4 bridgehead atoms. The van der Waals surface area contributed by atoms with E-state index < -0.39 is 0 Å². The lowest BCUT2D eigenvalue weighted by Gasteiger charge is -2.54. The maximum Gasteiger partial charge on any atom is 0.0134 e. The fourth-order valence-corrected chi connectivity index (χ4v) is 4.64. The Bertz CT molecular complexity index is 251. The van der Waals surface area contributed by atoms with Gasteiger partial charge in [0.05, 0.1) is 0 Å². The van der Waals surface area contributed by atoms with Crippen LogP contribution in [0, 0.1) is 29.6 Å². The fourth-order valence-electron chi connectivity index (χ4n) is 4.64. The summed E-state index contributed by atoms with van der Waals surface area (Å²) in [5.74, 6) is 5.11. The van der Waals surface area contributed by atoms with Crippen LogP contribution < -0.4 is 5.73 Å². The largest absolute Gasteiger partial charge is 0.327 e. The molecule has 0 aromatic carbocycles. The highest BCUT2D eigenvalue weighted by atomic mass is 14.5. The molecule has 1 nitrogen and oxygen atoms in total. The summed E-state index contributed by atoms with van der Waals surface area (Å²) < 4.78 is 0. The van der Waals surface area contributed by atoms with Gasteiger partial charge in [0.25, 0.3) is 0 Å². The van der Waals surface area contributed by atoms with Crippen LogP contribution in [0.25, 0.3) is 0 Å². The summed E-state index contributed by atoms with van der Waals surface area (Å²) in [6.07, 6.45) is 10.2. The third-order valence-corrected chi connectivity index (χ3v) is 5.10. The van der Waals surface area contributed by atoms with Crippen molar-refractivity contribution < 1.29 is 0 Å². The minimum Gasteiger partial charge on any atom is -0.327 e. The van der Waals surface area contributed by atoms with E-state index in [0.29, 0.717) is 0 Å². The van der Waals surface area contributed by atoms with Gasteiger partial charge in [0.1, 0.15) is 0 Å². The van der Waals surface area contributed by atoms with Crippen LogP contribution in [-0.4, -0.2) is 6.54 Å². The van der Waals surface area contributed by atoms with Crippen molar-refractivity contribution in [1.82, 2.24) is 0 Å². The van der Waals surface area contributed by atoms with E-state index in [1.807, 2.05) is 0 Å². The van der Waals surface area contributed by atoms with Gasteiger partial charge in [0.2, 0.25) is 0 Å². The van der Waals surface area contributed by atoms with E-state index in [1.54, 1.807) is 6.42 Å². The molecule has 84 valence electrons. The summed E-state index contributed by atoms with van der Waals surface area (Å²) >= 11 is 0. The molecule has 4 aliphatic rings. The second kappa shape index (κ2) is 3.62. The van der Waals surface area contributed by atoms with Gasteiger partial charge in [-0.15, -0.1) is 0 Å². The highest BCUT2D eigenvalue weighted by Crippen LogP contribution is 2.56. The summed E-state index contributed by atoms with van der Waals surface area (Å²) in [5.41, 5.74) is 7.12. The monoisotopic (exact) mass is 205 g/mol. The SMILES string of the molecule is C/C(=C\C1C2CC3CC(C2)CC1C3)CN. The van der Waals surface area contributed by atoms with Gasteiger partial charge < -0.3 is 5.73 Å². The van der Waals surface area contributed by atoms with E-state index in [2.05, 4.69) is 13.0 Å². The van der Waals surface area contributed by atoms with Gasteiger partial charge in [0.15, 0.2) is 0 Å². The van der Waals surface area contributed by atoms with Crippen molar-refractivity contribution in [3.63, 3.8) is 0 Å². The van der Waals surface area contributed by atoms with Crippen LogP contribution in [-0.2, 0) is 0 Å². The van der Waals surface area contributed by atoms with Crippen molar-refractivity contribution in [2.75, 3.05) is 6.54 Å². The number of hydrogen-bond acceptors (Lipinski definition) is 1. The zero-order valence-electron chi connectivity index (χ0n) is 9.78. The second-order valence-electron chi connectivity index (χ2n) is 6.23. The van der Waals surface area contributed by atoms with Crippen LogP contribution in [0.4, 0.5) is 0 Å². The number of nitrogens with two attached hydrogens (primary N) is 1. The summed E-state index contributed by atoms with van der Waals surface area (Å²) in [5, 5.41) is 0. The summed E-state index contributed by atoms with van der Waals surface area (Å²) in [7, 11) is 0. The molecule has 0 heterocycles. The average Bonchev–Trinajstić information content (AvgIpc) is 2.22. The molecule has 0 saturated heterocycles. The van der Waals surface area contributed by atoms with Gasteiger partial charge in [0, 0.05) is 6.54 Å². The molecule has 0 aromatic heterocycles. The molecule has 4 fully saturated rings. The molecule has 0 aromatic rings. The van der Waals surface area contributed by atoms with Gasteiger partial charge in [-0.1, -0.05) is 11.6 Å². The number of hydrogen-bond donors (Lipinski definition) is 1. The van der Waals surface area contributed by atoms with Crippen LogP contribution in [0.5, 0.6) is 0 Å². The highest BCUT2D eigenvalue weighted by molar-refractivity contribution is 5.10. The minimum atomic E-state index is 0.753. The first kappa shape index (κ1) is 9.89. The fraction of sp³-hybridized carbons (Fsp3) is 0.857. The molecule has 0 unspecified atom stereocenters. The van der Waals surface area contributed by atoms with E-state index in [1.165, 1.54) is 31.3 Å². The number of rotatable bonds is 2. The summed E-state index contributed by atoms with van der Waals surface area (Å²) in [6.45, 7) is 2.95. The molecule has 4 saturated carbocycles. The molecule has 2 N–H and O–H groups in total. The Labute approximate surface area is 93.1 Å². The smallest absolute Gasteiger partial charge is 0.0134 e. The van der Waals surface area contributed by atoms with E-state index in [-0.39, 0.29) is 0 Å². The Hall–Kier alpha value is -0.300. The van der Waals surface area contributed by atoms with E-state index in [4.69, 9.17) is 5.73 Å². The van der Waals surface area contributed by atoms with E-state index in [0.717, 1.165) is 36.1 Å². The molecule has 0 aliphatic heterocycles. The average molecular weight is 205 g/mol. The van der Waals surface area contributed by atoms with Crippen molar-refractivity contribution in [3.05, 3.63) is 11.6 Å². The molecule has 15 heavy (non-hydrogen) atoms. The number of allylic oxidation sites excluding steroid dienone is 1. The van der Waals surface area contributed by atoms with Crippen molar-refractivity contribution in [2.45, 2.75) is 39.0 Å². The Balaban J connectivity index is 1.80. The molecule has 0 atom stereocenters. The highest BCUT2D eigenvalue weighted by Gasteiger charge is 2.47. The molecule has 0 amide bonds. The van der Waals surface area contributed by atoms with Crippen molar-refractivity contribution in [2.24, 2.45) is 35.3 Å². The normalized spacial score (nSPS) is 48.7. The Kier molecular flexibility index (Phi) is 2.39. The van der Waals surface area contributed by atoms with Crippen molar-refractivity contribution in [3.8, 4) is 0 Å². The third-order valence-electron chi connectivity index (χ3n) is 5.10. The van der Waals surface area contributed by atoms with Crippen LogP contribution in [0.15, 0.2) is 11.6 Å². The predicted octanol–water partition coefficient (Wildman–Crippen LogP) is 2.96. The summed E-state index contributed by atoms with van der Waals surface area (Å²) in [6, 6.07) is 0. The molecule has 1 heteroatoms. The first-order chi connectivity index (χ1) is 7.26.